The fraction of sp³-hybridized carbons (Fsp3) is 0.160. The molecule has 35 heavy (non-hydrogen) atoms. The van der Waals surface area contributed by atoms with Crippen LogP contribution in [0.1, 0.15) is 16.7 Å². The van der Waals surface area contributed by atoms with Gasteiger partial charge in [0.15, 0.2) is 0 Å². The van der Waals surface area contributed by atoms with Gasteiger partial charge in [0.25, 0.3) is 5.56 Å². The minimum absolute atomic E-state index is 0.0101. The minimum atomic E-state index is -4.62. The van der Waals surface area contributed by atoms with Gasteiger partial charge in [0.1, 0.15) is 6.54 Å². The van der Waals surface area contributed by atoms with Crippen molar-refractivity contribution in [2.75, 3.05) is 5.32 Å². The van der Waals surface area contributed by atoms with E-state index in [0.29, 0.717) is 0 Å². The third-order valence-electron chi connectivity index (χ3n) is 5.46. The molecular formula is C25H19ClF3N3O3. The van der Waals surface area contributed by atoms with E-state index >= 15 is 0 Å². The number of anilines is 1. The molecule has 6 nitrogen and oxygen atoms in total. The fourth-order valence-corrected chi connectivity index (χ4v) is 3.83. The highest BCUT2D eigenvalue weighted by Gasteiger charge is 2.31. The highest BCUT2D eigenvalue weighted by atomic mass is 35.5. The van der Waals surface area contributed by atoms with Crippen LogP contribution in [0.5, 0.6) is 0 Å². The molecule has 0 saturated heterocycles. The molecule has 3 aromatic carbocycles. The first-order valence-electron chi connectivity index (χ1n) is 10.5. The van der Waals surface area contributed by atoms with Crippen molar-refractivity contribution >= 4 is 34.1 Å². The maximum atomic E-state index is 13.3. The van der Waals surface area contributed by atoms with Crippen LogP contribution in [0, 0.1) is 6.92 Å². The van der Waals surface area contributed by atoms with Crippen LogP contribution in [0.3, 0.4) is 0 Å². The Labute approximate surface area is 202 Å². The lowest BCUT2D eigenvalue weighted by Crippen LogP contribution is -2.42. The van der Waals surface area contributed by atoms with E-state index in [0.717, 1.165) is 38.5 Å². The van der Waals surface area contributed by atoms with Crippen LogP contribution < -0.4 is 16.6 Å². The first-order chi connectivity index (χ1) is 16.5. The molecule has 1 heterocycles. The summed E-state index contributed by atoms with van der Waals surface area (Å²) in [5, 5.41) is 2.47. The van der Waals surface area contributed by atoms with Gasteiger partial charge in [-0.3, -0.25) is 18.7 Å². The molecule has 10 heteroatoms. The number of amides is 1. The van der Waals surface area contributed by atoms with Crippen molar-refractivity contribution in [1.82, 2.24) is 9.13 Å². The summed E-state index contributed by atoms with van der Waals surface area (Å²) in [5.41, 5.74) is -0.488. The first kappa shape index (κ1) is 24.3. The lowest BCUT2D eigenvalue weighted by atomic mass is 10.1. The normalized spacial score (nSPS) is 11.6. The van der Waals surface area contributed by atoms with Crippen molar-refractivity contribution in [3.63, 3.8) is 0 Å². The zero-order chi connectivity index (χ0) is 25.3. The van der Waals surface area contributed by atoms with E-state index in [1.807, 2.05) is 19.1 Å². The van der Waals surface area contributed by atoms with Crippen LogP contribution in [0.4, 0.5) is 18.9 Å². The molecule has 0 spiro atoms. The maximum Gasteiger partial charge on any atom is 0.416 e. The predicted octanol–water partition coefficient (Wildman–Crippen LogP) is 4.83. The van der Waals surface area contributed by atoms with E-state index in [1.165, 1.54) is 6.07 Å². The average Bonchev–Trinajstić information content (AvgIpc) is 2.81. The highest BCUT2D eigenvalue weighted by Crippen LogP contribution is 2.33. The second-order valence-corrected chi connectivity index (χ2v) is 8.41. The summed E-state index contributed by atoms with van der Waals surface area (Å²) in [7, 11) is 0. The minimum Gasteiger partial charge on any atom is -0.323 e. The third-order valence-corrected chi connectivity index (χ3v) is 5.79. The van der Waals surface area contributed by atoms with Crippen molar-refractivity contribution in [2.24, 2.45) is 0 Å². The SMILES string of the molecule is Cc1ccc(Cn2c(=O)c3ccccc3n(CC(=O)Nc3cc(C(F)(F)F)ccc3Cl)c2=O)cc1. The van der Waals surface area contributed by atoms with E-state index in [2.05, 4.69) is 5.32 Å². The number of para-hydroxylation sites is 1. The Bertz CT molecular complexity index is 1540. The predicted molar refractivity (Wildman–Crippen MR) is 128 cm³/mol. The van der Waals surface area contributed by atoms with Crippen LogP contribution in [0.2, 0.25) is 5.02 Å². The number of halogens is 4. The first-order valence-corrected chi connectivity index (χ1v) is 10.9. The quantitative estimate of drug-likeness (QED) is 0.426. The van der Waals surface area contributed by atoms with Crippen molar-refractivity contribution < 1.29 is 18.0 Å². The van der Waals surface area contributed by atoms with Crippen LogP contribution in [-0.4, -0.2) is 15.0 Å². The van der Waals surface area contributed by atoms with Crippen molar-refractivity contribution in [3.8, 4) is 0 Å². The number of rotatable bonds is 5. The number of aryl methyl sites for hydroxylation is 1. The molecule has 0 aliphatic rings. The molecular weight excluding hydrogens is 483 g/mol. The third kappa shape index (κ3) is 5.14. The average molecular weight is 502 g/mol. The van der Waals surface area contributed by atoms with Gasteiger partial charge in [-0.1, -0.05) is 53.6 Å². The van der Waals surface area contributed by atoms with Gasteiger partial charge in [0, 0.05) is 0 Å². The van der Waals surface area contributed by atoms with Gasteiger partial charge in [-0.25, -0.2) is 4.79 Å². The zero-order valence-electron chi connectivity index (χ0n) is 18.4. The summed E-state index contributed by atoms with van der Waals surface area (Å²) >= 11 is 5.97. The number of benzene rings is 3. The molecule has 180 valence electrons. The van der Waals surface area contributed by atoms with Gasteiger partial charge in [-0.05, 0) is 42.8 Å². The number of carbonyl (C=O) groups excluding carboxylic acids is 1. The molecule has 0 aliphatic carbocycles. The van der Waals surface area contributed by atoms with Gasteiger partial charge >= 0.3 is 11.9 Å². The highest BCUT2D eigenvalue weighted by molar-refractivity contribution is 6.33. The molecule has 0 saturated carbocycles. The number of nitrogens with zero attached hydrogens (tertiary/aromatic N) is 2. The Morgan fingerprint density at radius 1 is 0.971 bits per heavy atom. The van der Waals surface area contributed by atoms with E-state index < -0.39 is 35.4 Å². The Hall–Kier alpha value is -3.85. The van der Waals surface area contributed by atoms with Gasteiger partial charge in [0.05, 0.1) is 33.7 Å². The van der Waals surface area contributed by atoms with Crippen molar-refractivity contribution in [3.05, 3.63) is 109 Å². The lowest BCUT2D eigenvalue weighted by molar-refractivity contribution is -0.137. The largest absolute Gasteiger partial charge is 0.416 e. The lowest BCUT2D eigenvalue weighted by Gasteiger charge is -2.15. The molecule has 0 atom stereocenters. The van der Waals surface area contributed by atoms with Gasteiger partial charge < -0.3 is 5.32 Å². The smallest absolute Gasteiger partial charge is 0.323 e. The van der Waals surface area contributed by atoms with Gasteiger partial charge in [0.2, 0.25) is 5.91 Å². The van der Waals surface area contributed by atoms with Gasteiger partial charge in [-0.15, -0.1) is 0 Å². The van der Waals surface area contributed by atoms with E-state index in [4.69, 9.17) is 11.6 Å². The van der Waals surface area contributed by atoms with Crippen LogP contribution in [-0.2, 0) is 24.1 Å². The van der Waals surface area contributed by atoms with Crippen molar-refractivity contribution in [1.29, 1.82) is 0 Å². The maximum absolute atomic E-state index is 13.3. The Morgan fingerprint density at radius 2 is 1.66 bits per heavy atom. The molecule has 0 bridgehead atoms. The van der Waals surface area contributed by atoms with Crippen molar-refractivity contribution in [2.45, 2.75) is 26.2 Å². The fourth-order valence-electron chi connectivity index (χ4n) is 3.67. The number of aromatic nitrogens is 2. The molecule has 1 amide bonds. The number of nitrogens with one attached hydrogen (secondary N) is 1. The number of carbonyl (C=O) groups is 1. The molecule has 0 unspecified atom stereocenters. The van der Waals surface area contributed by atoms with Crippen LogP contribution >= 0.6 is 11.6 Å². The zero-order valence-corrected chi connectivity index (χ0v) is 19.2. The molecule has 0 aliphatic heterocycles. The Kier molecular flexibility index (Phi) is 6.53. The Balaban J connectivity index is 1.73. The molecule has 0 radical (unpaired) electrons. The number of fused-ring (bicyclic) bond motifs is 1. The number of hydrogen-bond donors (Lipinski definition) is 1. The van der Waals surface area contributed by atoms with Crippen LogP contribution in [0.15, 0.2) is 76.3 Å². The monoisotopic (exact) mass is 501 g/mol. The summed E-state index contributed by atoms with van der Waals surface area (Å²) in [4.78, 5) is 39.1. The molecule has 4 rings (SSSR count). The van der Waals surface area contributed by atoms with E-state index in [-0.39, 0.29) is 28.2 Å². The molecule has 1 aromatic heterocycles. The summed E-state index contributed by atoms with van der Waals surface area (Å²) in [6.07, 6.45) is -4.62. The topological polar surface area (TPSA) is 73.1 Å². The summed E-state index contributed by atoms with van der Waals surface area (Å²) < 4.78 is 41.3. The Morgan fingerprint density at radius 3 is 2.34 bits per heavy atom. The number of hydrogen-bond acceptors (Lipinski definition) is 3. The second-order valence-electron chi connectivity index (χ2n) is 8.00. The molecule has 1 N–H and O–H groups in total. The second kappa shape index (κ2) is 9.42. The van der Waals surface area contributed by atoms with Crippen LogP contribution in [0.25, 0.3) is 10.9 Å². The summed E-state index contributed by atoms with van der Waals surface area (Å²) in [5.74, 6) is -0.779. The molecule has 0 fully saturated rings. The number of alkyl halides is 3. The van der Waals surface area contributed by atoms with Gasteiger partial charge in [-0.2, -0.15) is 13.2 Å². The van der Waals surface area contributed by atoms with E-state index in [9.17, 15) is 27.6 Å². The summed E-state index contributed by atoms with van der Waals surface area (Å²) in [6, 6.07) is 16.2. The summed E-state index contributed by atoms with van der Waals surface area (Å²) in [6.45, 7) is 1.36. The standard InChI is InChI=1S/C25H19ClF3N3O3/c1-15-6-8-16(9-7-15)13-32-23(34)18-4-2-3-5-21(18)31(24(32)35)14-22(33)30-20-12-17(25(27,28)29)10-11-19(20)26/h2-12H,13-14H2,1H3,(H,30,33). The molecule has 4 aromatic rings. The van der Waals surface area contributed by atoms with E-state index in [1.54, 1.807) is 30.3 Å².